The van der Waals surface area contributed by atoms with Crippen LogP contribution in [0.1, 0.15) is 174 Å². The van der Waals surface area contributed by atoms with E-state index in [1.54, 1.807) is 0 Å². The molecule has 6 unspecified atom stereocenters. The van der Waals surface area contributed by atoms with Crippen molar-refractivity contribution in [1.29, 1.82) is 0 Å². The second kappa shape index (κ2) is 36.3. The van der Waals surface area contributed by atoms with Crippen LogP contribution in [0.4, 0.5) is 0 Å². The monoisotopic (exact) mass is 873 g/mol. The number of carbonyl (C=O) groups excluding carboxylic acids is 2. The van der Waals surface area contributed by atoms with Crippen LogP contribution in [0.15, 0.2) is 48.6 Å². The van der Waals surface area contributed by atoms with Gasteiger partial charge in [-0.3, -0.25) is 18.6 Å². The van der Waals surface area contributed by atoms with Crippen LogP contribution >= 0.6 is 7.82 Å². The lowest BCUT2D eigenvalue weighted by Gasteiger charge is -2.41. The predicted molar refractivity (Wildman–Crippen MR) is 235 cm³/mol. The Balaban J connectivity index is 2.51. The molecule has 60 heavy (non-hydrogen) atoms. The largest absolute Gasteiger partial charge is 0.472 e. The van der Waals surface area contributed by atoms with Gasteiger partial charge in [-0.1, -0.05) is 159 Å². The second-order valence-electron chi connectivity index (χ2n) is 15.9. The van der Waals surface area contributed by atoms with Crippen molar-refractivity contribution in [2.75, 3.05) is 13.2 Å². The number of rotatable bonds is 37. The third-order valence-corrected chi connectivity index (χ3v) is 11.4. The summed E-state index contributed by atoms with van der Waals surface area (Å²) in [5.74, 6) is -1.16. The molecule has 0 aromatic carbocycles. The Morgan fingerprint density at radius 1 is 0.517 bits per heavy atom. The number of esters is 2. The summed E-state index contributed by atoms with van der Waals surface area (Å²) in [5, 5.41) is 50.1. The molecule has 0 spiro atoms. The normalized spacial score (nSPS) is 22.6. The highest BCUT2D eigenvalue weighted by atomic mass is 31.2. The predicted octanol–water partition coefficient (Wildman–Crippen LogP) is 8.78. The smallest absolute Gasteiger partial charge is 0.462 e. The Labute approximate surface area is 360 Å². The van der Waals surface area contributed by atoms with Crippen molar-refractivity contribution >= 4 is 19.8 Å². The van der Waals surface area contributed by atoms with Gasteiger partial charge in [0, 0.05) is 12.8 Å². The fourth-order valence-corrected chi connectivity index (χ4v) is 7.66. The van der Waals surface area contributed by atoms with Crippen molar-refractivity contribution < 1.29 is 63.1 Å². The molecule has 13 nitrogen and oxygen atoms in total. The molecule has 0 aliphatic heterocycles. The molecule has 0 aromatic rings. The highest BCUT2D eigenvalue weighted by Gasteiger charge is 2.51. The lowest BCUT2D eigenvalue weighted by Crippen LogP contribution is -2.64. The molecule has 14 heteroatoms. The molecule has 0 amide bonds. The second-order valence-corrected chi connectivity index (χ2v) is 17.3. The molecule has 1 saturated carbocycles. The lowest BCUT2D eigenvalue weighted by atomic mass is 9.85. The molecule has 0 heterocycles. The first-order chi connectivity index (χ1) is 28.9. The van der Waals surface area contributed by atoms with Crippen molar-refractivity contribution in [2.24, 2.45) is 0 Å². The van der Waals surface area contributed by atoms with E-state index < -0.39 is 75.7 Å². The van der Waals surface area contributed by atoms with Crippen LogP contribution in [-0.4, -0.2) is 98.3 Å². The fraction of sp³-hybridized carbons (Fsp3) is 0.783. The summed E-state index contributed by atoms with van der Waals surface area (Å²) in [7, 11) is -5.13. The van der Waals surface area contributed by atoms with Crippen LogP contribution in [-0.2, 0) is 32.7 Å². The topological polar surface area (TPSA) is 210 Å². The number of phosphoric ester groups is 1. The summed E-state index contributed by atoms with van der Waals surface area (Å²) in [6.45, 7) is 3.22. The van der Waals surface area contributed by atoms with Gasteiger partial charge in [-0.15, -0.1) is 0 Å². The molecule has 1 aliphatic carbocycles. The number of allylic oxidation sites excluding steroid dienone is 8. The maximum Gasteiger partial charge on any atom is 0.472 e. The minimum Gasteiger partial charge on any atom is -0.462 e. The molecular weight excluding hydrogens is 791 g/mol. The third kappa shape index (κ3) is 28.4. The molecule has 1 rings (SSSR count). The highest BCUT2D eigenvalue weighted by molar-refractivity contribution is 7.47. The third-order valence-electron chi connectivity index (χ3n) is 10.4. The van der Waals surface area contributed by atoms with Gasteiger partial charge in [0.25, 0.3) is 0 Å². The number of phosphoric acid groups is 1. The Morgan fingerprint density at radius 3 is 1.42 bits per heavy atom. The van der Waals surface area contributed by atoms with Crippen molar-refractivity contribution in [3.8, 4) is 0 Å². The average Bonchev–Trinajstić information content (AvgIpc) is 3.23. The van der Waals surface area contributed by atoms with Gasteiger partial charge in [-0.2, -0.15) is 0 Å². The zero-order chi connectivity index (χ0) is 44.3. The summed E-state index contributed by atoms with van der Waals surface area (Å²) in [6.07, 6.45) is 28.9. The fourth-order valence-electron chi connectivity index (χ4n) is 6.69. The van der Waals surface area contributed by atoms with Gasteiger partial charge >= 0.3 is 19.8 Å². The lowest BCUT2D eigenvalue weighted by molar-refractivity contribution is -0.220. The molecule has 6 N–H and O–H groups in total. The van der Waals surface area contributed by atoms with Gasteiger partial charge in [0.05, 0.1) is 6.61 Å². The van der Waals surface area contributed by atoms with Gasteiger partial charge in [-0.05, 0) is 51.4 Å². The number of hydrogen-bond acceptors (Lipinski definition) is 12. The van der Waals surface area contributed by atoms with Crippen molar-refractivity contribution in [2.45, 2.75) is 217 Å². The molecule has 0 aromatic heterocycles. The maximum absolute atomic E-state index is 12.8. The summed E-state index contributed by atoms with van der Waals surface area (Å²) in [5.41, 5.74) is 0. The SMILES string of the molecule is CCCCCC=CCC=CCC=CCC=CCCCC(=O)OC(COC(=O)CCCCCCCCCCCCCCCC)COP(=O)(O)OC1C(O)C(O)C(O)C(O)C1O. The van der Waals surface area contributed by atoms with E-state index in [4.69, 9.17) is 18.5 Å². The maximum atomic E-state index is 12.8. The zero-order valence-corrected chi connectivity index (χ0v) is 37.6. The summed E-state index contributed by atoms with van der Waals surface area (Å²) in [6, 6.07) is 0. The van der Waals surface area contributed by atoms with Crippen molar-refractivity contribution in [1.82, 2.24) is 0 Å². The minimum atomic E-state index is -5.13. The van der Waals surface area contributed by atoms with Crippen LogP contribution in [0.5, 0.6) is 0 Å². The average molecular weight is 873 g/mol. The van der Waals surface area contributed by atoms with Gasteiger partial charge in [0.15, 0.2) is 6.10 Å². The van der Waals surface area contributed by atoms with Gasteiger partial charge in [0.1, 0.15) is 43.2 Å². The van der Waals surface area contributed by atoms with Crippen LogP contribution in [0.3, 0.4) is 0 Å². The molecule has 0 saturated heterocycles. The van der Waals surface area contributed by atoms with E-state index in [1.165, 1.54) is 83.5 Å². The van der Waals surface area contributed by atoms with Crippen molar-refractivity contribution in [3.63, 3.8) is 0 Å². The minimum absolute atomic E-state index is 0.0212. The molecular formula is C46H81O13P. The Bertz CT molecular complexity index is 1240. The first-order valence-electron chi connectivity index (χ1n) is 22.9. The standard InChI is InChI=1S/C46H81O13P/c1-3-5-7-9-11-13-15-17-19-20-21-23-25-27-29-31-33-35-40(48)58-38(37-57-60(54,55)59-46-44(52)42(50)41(49)43(51)45(46)53)36-56-39(47)34-32-30-28-26-24-22-18-16-14-12-10-8-6-4-2/h11,13,17,19,21,23,27,29,38,41-46,49-53H,3-10,12,14-16,18,20,22,24-26,28,30-37H2,1-2H3,(H,54,55). The quantitative estimate of drug-likeness (QED) is 0.0149. The van der Waals surface area contributed by atoms with Crippen LogP contribution < -0.4 is 0 Å². The number of carbonyl (C=O) groups is 2. The van der Waals surface area contributed by atoms with Gasteiger partial charge in [0.2, 0.25) is 0 Å². The van der Waals surface area contributed by atoms with E-state index in [0.717, 1.165) is 44.9 Å². The molecule has 348 valence electrons. The van der Waals surface area contributed by atoms with Gasteiger partial charge < -0.3 is 39.9 Å². The number of hydrogen-bond donors (Lipinski definition) is 6. The molecule has 1 aliphatic rings. The van der Waals surface area contributed by atoms with Crippen LogP contribution in [0.2, 0.25) is 0 Å². The van der Waals surface area contributed by atoms with E-state index in [9.17, 15) is 44.6 Å². The summed E-state index contributed by atoms with van der Waals surface area (Å²) >= 11 is 0. The first kappa shape index (κ1) is 55.8. The van der Waals surface area contributed by atoms with E-state index >= 15 is 0 Å². The summed E-state index contributed by atoms with van der Waals surface area (Å²) < 4.78 is 33.4. The molecule has 6 atom stereocenters. The highest BCUT2D eigenvalue weighted by Crippen LogP contribution is 2.47. The molecule has 0 bridgehead atoms. The molecule has 1 fully saturated rings. The van der Waals surface area contributed by atoms with E-state index in [2.05, 4.69) is 50.3 Å². The summed E-state index contributed by atoms with van der Waals surface area (Å²) in [4.78, 5) is 35.6. The molecule has 0 radical (unpaired) electrons. The Hall–Kier alpha value is -2.19. The van der Waals surface area contributed by atoms with Gasteiger partial charge in [-0.25, -0.2) is 4.57 Å². The van der Waals surface area contributed by atoms with E-state index in [-0.39, 0.29) is 12.8 Å². The Morgan fingerprint density at radius 2 is 0.917 bits per heavy atom. The van der Waals surface area contributed by atoms with Crippen LogP contribution in [0, 0.1) is 0 Å². The van der Waals surface area contributed by atoms with E-state index in [1.807, 2.05) is 12.2 Å². The number of aliphatic hydroxyl groups is 5. The van der Waals surface area contributed by atoms with Crippen LogP contribution in [0.25, 0.3) is 0 Å². The number of aliphatic hydroxyl groups excluding tert-OH is 5. The van der Waals surface area contributed by atoms with Crippen molar-refractivity contribution in [3.05, 3.63) is 48.6 Å². The number of ether oxygens (including phenoxy) is 2. The van der Waals surface area contributed by atoms with E-state index in [0.29, 0.717) is 19.3 Å². The number of unbranched alkanes of at least 4 members (excludes halogenated alkanes) is 17. The first-order valence-corrected chi connectivity index (χ1v) is 24.4. The Kier molecular flexibility index (Phi) is 33.8. The zero-order valence-electron chi connectivity index (χ0n) is 36.7.